The highest BCUT2D eigenvalue weighted by atomic mass is 19.4. The molecule has 1 amide bonds. The maximum absolute atomic E-state index is 12.9. The quantitative estimate of drug-likeness (QED) is 0.750. The van der Waals surface area contributed by atoms with Crippen LogP contribution in [0.2, 0.25) is 0 Å². The van der Waals surface area contributed by atoms with Crippen molar-refractivity contribution in [2.75, 3.05) is 26.8 Å². The SMILES string of the molecule is COC(=O)c1cn(C(C)C)cc(C(=O)N2CCO[C@@H](C(F)(F)F)C2)c1=O. The van der Waals surface area contributed by atoms with E-state index in [9.17, 15) is 27.6 Å². The second-order valence-corrected chi connectivity index (χ2v) is 6.10. The Bertz CT molecular complexity index is 757. The highest BCUT2D eigenvalue weighted by molar-refractivity contribution is 5.97. The van der Waals surface area contributed by atoms with Crippen molar-refractivity contribution in [3.63, 3.8) is 0 Å². The molecule has 2 rings (SSSR count). The lowest BCUT2D eigenvalue weighted by atomic mass is 10.1. The number of morpholine rings is 1. The van der Waals surface area contributed by atoms with Crippen LogP contribution in [-0.2, 0) is 9.47 Å². The van der Waals surface area contributed by atoms with Gasteiger partial charge in [0.05, 0.1) is 20.3 Å². The molecule has 1 aromatic heterocycles. The highest BCUT2D eigenvalue weighted by Crippen LogP contribution is 2.26. The molecule has 1 saturated heterocycles. The Kier molecular flexibility index (Phi) is 5.74. The summed E-state index contributed by atoms with van der Waals surface area (Å²) in [7, 11) is 1.09. The zero-order valence-electron chi connectivity index (χ0n) is 14.5. The molecule has 26 heavy (non-hydrogen) atoms. The number of hydrogen-bond donors (Lipinski definition) is 0. The maximum atomic E-state index is 12.9. The first kappa shape index (κ1) is 20.0. The lowest BCUT2D eigenvalue weighted by molar-refractivity contribution is -0.233. The van der Waals surface area contributed by atoms with E-state index in [1.54, 1.807) is 13.8 Å². The van der Waals surface area contributed by atoms with E-state index in [4.69, 9.17) is 0 Å². The average Bonchev–Trinajstić information content (AvgIpc) is 2.59. The number of ether oxygens (including phenoxy) is 2. The van der Waals surface area contributed by atoms with E-state index in [0.29, 0.717) is 0 Å². The molecule has 0 spiro atoms. The number of aromatic nitrogens is 1. The molecule has 0 N–H and O–H groups in total. The summed E-state index contributed by atoms with van der Waals surface area (Å²) in [6.07, 6.45) is -4.24. The molecule has 0 unspecified atom stereocenters. The summed E-state index contributed by atoms with van der Waals surface area (Å²) in [4.78, 5) is 37.9. The van der Waals surface area contributed by atoms with Gasteiger partial charge in [0.1, 0.15) is 11.1 Å². The van der Waals surface area contributed by atoms with Crippen molar-refractivity contribution in [1.29, 1.82) is 0 Å². The van der Waals surface area contributed by atoms with Gasteiger partial charge in [0, 0.05) is 25.0 Å². The summed E-state index contributed by atoms with van der Waals surface area (Å²) >= 11 is 0. The fourth-order valence-electron chi connectivity index (χ4n) is 2.51. The molecule has 144 valence electrons. The van der Waals surface area contributed by atoms with Gasteiger partial charge in [-0.25, -0.2) is 4.79 Å². The van der Waals surface area contributed by atoms with E-state index in [1.807, 2.05) is 0 Å². The number of pyridine rings is 1. The molecule has 10 heteroatoms. The largest absolute Gasteiger partial charge is 0.465 e. The highest BCUT2D eigenvalue weighted by Gasteiger charge is 2.44. The van der Waals surface area contributed by atoms with Crippen molar-refractivity contribution >= 4 is 11.9 Å². The lowest BCUT2D eigenvalue weighted by Crippen LogP contribution is -2.52. The van der Waals surface area contributed by atoms with Gasteiger partial charge in [-0.15, -0.1) is 0 Å². The van der Waals surface area contributed by atoms with Crippen molar-refractivity contribution in [2.24, 2.45) is 0 Å². The van der Waals surface area contributed by atoms with Crippen LogP contribution in [0.4, 0.5) is 13.2 Å². The van der Waals surface area contributed by atoms with Crippen molar-refractivity contribution in [1.82, 2.24) is 9.47 Å². The lowest BCUT2D eigenvalue weighted by Gasteiger charge is -2.33. The maximum Gasteiger partial charge on any atom is 0.416 e. The second kappa shape index (κ2) is 7.48. The fraction of sp³-hybridized carbons (Fsp3) is 0.562. The number of carbonyl (C=O) groups excluding carboxylic acids is 2. The summed E-state index contributed by atoms with van der Waals surface area (Å²) in [6.45, 7) is 2.41. The minimum Gasteiger partial charge on any atom is -0.465 e. The summed E-state index contributed by atoms with van der Waals surface area (Å²) in [5.41, 5.74) is -1.62. The molecular formula is C16H19F3N2O5. The van der Waals surface area contributed by atoms with Crippen molar-refractivity contribution in [2.45, 2.75) is 32.2 Å². The number of methoxy groups -OCH3 is 1. The molecular weight excluding hydrogens is 357 g/mol. The summed E-state index contributed by atoms with van der Waals surface area (Å²) in [6, 6.07) is -0.196. The first-order chi connectivity index (χ1) is 12.1. The van der Waals surface area contributed by atoms with Gasteiger partial charge in [0.2, 0.25) is 5.43 Å². The van der Waals surface area contributed by atoms with E-state index in [-0.39, 0.29) is 30.3 Å². The molecule has 1 aliphatic rings. The average molecular weight is 376 g/mol. The number of esters is 1. The van der Waals surface area contributed by atoms with Crippen LogP contribution < -0.4 is 5.43 Å². The van der Waals surface area contributed by atoms with Gasteiger partial charge >= 0.3 is 12.1 Å². The smallest absolute Gasteiger partial charge is 0.416 e. The molecule has 0 aliphatic carbocycles. The number of rotatable bonds is 3. The number of alkyl halides is 3. The van der Waals surface area contributed by atoms with Gasteiger partial charge in [0.15, 0.2) is 6.10 Å². The number of nitrogens with zero attached hydrogens (tertiary/aromatic N) is 2. The topological polar surface area (TPSA) is 77.8 Å². The molecule has 7 nitrogen and oxygen atoms in total. The first-order valence-corrected chi connectivity index (χ1v) is 7.88. The number of carbonyl (C=O) groups is 2. The van der Waals surface area contributed by atoms with Crippen LogP contribution >= 0.6 is 0 Å². The monoisotopic (exact) mass is 376 g/mol. The third-order valence-corrected chi connectivity index (χ3v) is 4.00. The predicted molar refractivity (Wildman–Crippen MR) is 84.1 cm³/mol. The van der Waals surface area contributed by atoms with Gasteiger partial charge in [-0.1, -0.05) is 0 Å². The number of halogens is 3. The third-order valence-electron chi connectivity index (χ3n) is 4.00. The van der Waals surface area contributed by atoms with Crippen LogP contribution in [0.25, 0.3) is 0 Å². The summed E-state index contributed by atoms with van der Waals surface area (Å²) in [5.74, 6) is -1.80. The van der Waals surface area contributed by atoms with E-state index >= 15 is 0 Å². The zero-order chi connectivity index (χ0) is 19.6. The van der Waals surface area contributed by atoms with Crippen molar-refractivity contribution in [3.8, 4) is 0 Å². The van der Waals surface area contributed by atoms with Gasteiger partial charge in [-0.05, 0) is 13.8 Å². The summed E-state index contributed by atoms with van der Waals surface area (Å²) in [5, 5.41) is 0. The van der Waals surface area contributed by atoms with E-state index in [2.05, 4.69) is 9.47 Å². The van der Waals surface area contributed by atoms with Gasteiger partial charge < -0.3 is 18.9 Å². The molecule has 0 radical (unpaired) electrons. The number of hydrogen-bond acceptors (Lipinski definition) is 5. The molecule has 0 saturated carbocycles. The molecule has 1 atom stereocenters. The van der Waals surface area contributed by atoms with E-state index in [1.165, 1.54) is 17.0 Å². The fourth-order valence-corrected chi connectivity index (χ4v) is 2.51. The molecule has 0 aromatic carbocycles. The van der Waals surface area contributed by atoms with Crippen LogP contribution in [0.5, 0.6) is 0 Å². The Labute approximate surface area is 147 Å². The molecule has 1 aromatic rings. The molecule has 0 bridgehead atoms. The van der Waals surface area contributed by atoms with Gasteiger partial charge in [-0.2, -0.15) is 13.2 Å². The minimum absolute atomic E-state index is 0.0883. The Balaban J connectivity index is 2.43. The Hall–Kier alpha value is -2.36. The van der Waals surface area contributed by atoms with Crippen LogP contribution in [-0.4, -0.2) is 60.4 Å². The minimum atomic E-state index is -4.62. The van der Waals surface area contributed by atoms with Crippen molar-refractivity contribution in [3.05, 3.63) is 33.7 Å². The van der Waals surface area contributed by atoms with Crippen LogP contribution in [0.15, 0.2) is 17.2 Å². The third kappa shape index (κ3) is 4.06. The Morgan fingerprint density at radius 3 is 2.42 bits per heavy atom. The van der Waals surface area contributed by atoms with Crippen molar-refractivity contribution < 1.29 is 32.2 Å². The zero-order valence-corrected chi connectivity index (χ0v) is 14.5. The molecule has 1 aliphatic heterocycles. The second-order valence-electron chi connectivity index (χ2n) is 6.10. The normalized spacial score (nSPS) is 18.1. The Morgan fingerprint density at radius 1 is 1.27 bits per heavy atom. The van der Waals surface area contributed by atoms with Crippen LogP contribution in [0, 0.1) is 0 Å². The van der Waals surface area contributed by atoms with Crippen LogP contribution in [0.1, 0.15) is 40.6 Å². The number of amides is 1. The van der Waals surface area contributed by atoms with Crippen LogP contribution in [0.3, 0.4) is 0 Å². The van der Waals surface area contributed by atoms with Gasteiger partial charge in [0.25, 0.3) is 5.91 Å². The molecule has 2 heterocycles. The molecule has 1 fully saturated rings. The first-order valence-electron chi connectivity index (χ1n) is 7.88. The Morgan fingerprint density at radius 2 is 1.88 bits per heavy atom. The predicted octanol–water partition coefficient (Wildman–Crippen LogP) is 1.62. The standard InChI is InChI=1S/C16H19F3N2O5/c1-9(2)21-6-10(13(22)11(7-21)15(24)25-3)14(23)20-4-5-26-12(8-20)16(17,18)19/h6-7,9,12H,4-5,8H2,1-3H3/t12-/m1/s1. The van der Waals surface area contributed by atoms with Gasteiger partial charge in [-0.3, -0.25) is 9.59 Å². The van der Waals surface area contributed by atoms with E-state index in [0.717, 1.165) is 12.0 Å². The van der Waals surface area contributed by atoms with E-state index < -0.39 is 36.1 Å². The summed E-state index contributed by atoms with van der Waals surface area (Å²) < 4.78 is 49.2.